The number of amides is 1. The number of rotatable bonds is 5. The van der Waals surface area contributed by atoms with Gasteiger partial charge in [-0.15, -0.1) is 0 Å². The summed E-state index contributed by atoms with van der Waals surface area (Å²) >= 11 is 0. The highest BCUT2D eigenvalue weighted by Crippen LogP contribution is 2.28. The molecule has 1 amide bonds. The SMILES string of the molecule is O=C(Oc1cc(F)ccc1[N+](=O)[O-])c1cccc(NC(=O)c2ccco2)c1. The van der Waals surface area contributed by atoms with Crippen molar-refractivity contribution in [3.63, 3.8) is 0 Å². The molecule has 0 radical (unpaired) electrons. The summed E-state index contributed by atoms with van der Waals surface area (Å²) < 4.78 is 23.3. The van der Waals surface area contributed by atoms with Gasteiger partial charge < -0.3 is 14.5 Å². The van der Waals surface area contributed by atoms with Gasteiger partial charge in [-0.25, -0.2) is 9.18 Å². The molecule has 0 spiro atoms. The molecule has 0 aliphatic carbocycles. The van der Waals surface area contributed by atoms with E-state index in [0.717, 1.165) is 18.2 Å². The first-order chi connectivity index (χ1) is 12.9. The third kappa shape index (κ3) is 4.15. The van der Waals surface area contributed by atoms with E-state index in [1.807, 2.05) is 0 Å². The van der Waals surface area contributed by atoms with E-state index in [4.69, 9.17) is 9.15 Å². The molecule has 0 aliphatic rings. The molecule has 1 aromatic heterocycles. The zero-order valence-corrected chi connectivity index (χ0v) is 13.5. The van der Waals surface area contributed by atoms with Gasteiger partial charge in [-0.2, -0.15) is 0 Å². The molecule has 8 nitrogen and oxygen atoms in total. The van der Waals surface area contributed by atoms with Gasteiger partial charge in [0, 0.05) is 17.8 Å². The van der Waals surface area contributed by atoms with E-state index in [2.05, 4.69) is 5.32 Å². The Balaban J connectivity index is 1.79. The van der Waals surface area contributed by atoms with Crippen LogP contribution in [0.15, 0.2) is 65.3 Å². The number of hydrogen-bond donors (Lipinski definition) is 1. The molecule has 2 aromatic carbocycles. The van der Waals surface area contributed by atoms with E-state index < -0.39 is 34.1 Å². The van der Waals surface area contributed by atoms with Gasteiger partial charge in [-0.1, -0.05) is 6.07 Å². The summed E-state index contributed by atoms with van der Waals surface area (Å²) in [4.78, 5) is 34.4. The number of nitro benzene ring substituents is 1. The number of esters is 1. The van der Waals surface area contributed by atoms with Crippen LogP contribution in [0.1, 0.15) is 20.9 Å². The summed E-state index contributed by atoms with van der Waals surface area (Å²) in [5.74, 6) is -2.69. The summed E-state index contributed by atoms with van der Waals surface area (Å²) in [7, 11) is 0. The zero-order chi connectivity index (χ0) is 19.4. The normalized spacial score (nSPS) is 10.3. The number of ether oxygens (including phenoxy) is 1. The van der Waals surface area contributed by atoms with Crippen molar-refractivity contribution in [3.05, 3.63) is 88.1 Å². The maximum absolute atomic E-state index is 13.3. The average Bonchev–Trinajstić information content (AvgIpc) is 3.16. The Hall–Kier alpha value is -4.01. The first-order valence-electron chi connectivity index (χ1n) is 7.55. The van der Waals surface area contributed by atoms with E-state index in [0.29, 0.717) is 0 Å². The second-order valence-electron chi connectivity index (χ2n) is 5.27. The van der Waals surface area contributed by atoms with E-state index in [1.54, 1.807) is 6.07 Å². The minimum Gasteiger partial charge on any atom is -0.459 e. The van der Waals surface area contributed by atoms with Gasteiger partial charge in [0.05, 0.1) is 16.7 Å². The molecule has 0 aliphatic heterocycles. The number of anilines is 1. The third-order valence-corrected chi connectivity index (χ3v) is 3.42. The topological polar surface area (TPSA) is 112 Å². The predicted octanol–water partition coefficient (Wildman–Crippen LogP) is 3.80. The second kappa shape index (κ2) is 7.48. The van der Waals surface area contributed by atoms with Gasteiger partial charge in [0.15, 0.2) is 5.76 Å². The summed E-state index contributed by atoms with van der Waals surface area (Å²) in [6.07, 6.45) is 1.34. The number of halogens is 1. The van der Waals surface area contributed by atoms with Crippen LogP contribution < -0.4 is 10.1 Å². The Morgan fingerprint density at radius 3 is 2.63 bits per heavy atom. The molecular weight excluding hydrogens is 359 g/mol. The maximum atomic E-state index is 13.3. The van der Waals surface area contributed by atoms with Gasteiger partial charge in [0.2, 0.25) is 5.75 Å². The molecule has 27 heavy (non-hydrogen) atoms. The third-order valence-electron chi connectivity index (χ3n) is 3.42. The minimum absolute atomic E-state index is 0.00537. The molecule has 136 valence electrons. The first-order valence-corrected chi connectivity index (χ1v) is 7.55. The Labute approximate surface area is 151 Å². The molecule has 1 heterocycles. The van der Waals surface area contributed by atoms with Crippen molar-refractivity contribution in [3.8, 4) is 5.75 Å². The van der Waals surface area contributed by atoms with E-state index in [-0.39, 0.29) is 17.0 Å². The van der Waals surface area contributed by atoms with Gasteiger partial charge in [0.1, 0.15) is 5.82 Å². The molecule has 1 N–H and O–H groups in total. The van der Waals surface area contributed by atoms with Crippen LogP contribution in [-0.2, 0) is 0 Å². The quantitative estimate of drug-likeness (QED) is 0.316. The zero-order valence-electron chi connectivity index (χ0n) is 13.5. The molecule has 3 rings (SSSR count). The highest BCUT2D eigenvalue weighted by molar-refractivity contribution is 6.03. The summed E-state index contributed by atoms with van der Waals surface area (Å²) in [5.41, 5.74) is -0.266. The number of nitrogens with one attached hydrogen (secondary N) is 1. The van der Waals surface area contributed by atoms with Crippen molar-refractivity contribution in [2.24, 2.45) is 0 Å². The van der Waals surface area contributed by atoms with Crippen LogP contribution in [0.25, 0.3) is 0 Å². The number of benzene rings is 2. The number of nitrogens with zero attached hydrogens (tertiary/aromatic N) is 1. The number of furan rings is 1. The summed E-state index contributed by atoms with van der Waals surface area (Å²) in [6, 6.07) is 11.3. The molecule has 0 bridgehead atoms. The Morgan fingerprint density at radius 2 is 1.93 bits per heavy atom. The Bertz CT molecular complexity index is 1020. The monoisotopic (exact) mass is 370 g/mol. The van der Waals surface area contributed by atoms with Crippen molar-refractivity contribution in [2.45, 2.75) is 0 Å². The smallest absolute Gasteiger partial charge is 0.343 e. The highest BCUT2D eigenvalue weighted by atomic mass is 19.1. The summed E-state index contributed by atoms with van der Waals surface area (Å²) in [6.45, 7) is 0. The van der Waals surface area contributed by atoms with Gasteiger partial charge in [0.25, 0.3) is 5.91 Å². The maximum Gasteiger partial charge on any atom is 0.343 e. The fourth-order valence-corrected chi connectivity index (χ4v) is 2.20. The van der Waals surface area contributed by atoms with Crippen molar-refractivity contribution in [2.75, 3.05) is 5.32 Å². The molecule has 0 saturated carbocycles. The van der Waals surface area contributed by atoms with Crippen LogP contribution in [-0.4, -0.2) is 16.8 Å². The lowest BCUT2D eigenvalue weighted by Gasteiger charge is -2.07. The number of hydrogen-bond acceptors (Lipinski definition) is 6. The predicted molar refractivity (Wildman–Crippen MR) is 91.1 cm³/mol. The standard InChI is InChI=1S/C18H11FN2O6/c19-12-6-7-14(21(24)25)16(10-12)27-18(23)11-3-1-4-13(9-11)20-17(22)15-5-2-8-26-15/h1-10H,(H,20,22). The Morgan fingerprint density at radius 1 is 1.11 bits per heavy atom. The van der Waals surface area contributed by atoms with Crippen LogP contribution in [0, 0.1) is 15.9 Å². The molecule has 3 aromatic rings. The van der Waals surface area contributed by atoms with Crippen LogP contribution >= 0.6 is 0 Å². The first kappa shape index (κ1) is 17.8. The lowest BCUT2D eigenvalue weighted by Crippen LogP contribution is -2.13. The molecule has 9 heteroatoms. The number of carbonyl (C=O) groups is 2. The molecule has 0 fully saturated rings. The van der Waals surface area contributed by atoms with Crippen LogP contribution in [0.2, 0.25) is 0 Å². The largest absolute Gasteiger partial charge is 0.459 e. The second-order valence-corrected chi connectivity index (χ2v) is 5.27. The minimum atomic E-state index is -0.946. The van der Waals surface area contributed by atoms with Crippen molar-refractivity contribution in [1.82, 2.24) is 0 Å². The van der Waals surface area contributed by atoms with Crippen LogP contribution in [0.3, 0.4) is 0 Å². The van der Waals surface area contributed by atoms with Crippen LogP contribution in [0.5, 0.6) is 5.75 Å². The molecule has 0 unspecified atom stereocenters. The highest BCUT2D eigenvalue weighted by Gasteiger charge is 2.20. The molecule has 0 atom stereocenters. The van der Waals surface area contributed by atoms with Crippen LogP contribution in [0.4, 0.5) is 15.8 Å². The van der Waals surface area contributed by atoms with Gasteiger partial charge in [-0.3, -0.25) is 14.9 Å². The van der Waals surface area contributed by atoms with Gasteiger partial charge >= 0.3 is 11.7 Å². The fraction of sp³-hybridized carbons (Fsp3) is 0. The lowest BCUT2D eigenvalue weighted by molar-refractivity contribution is -0.385. The van der Waals surface area contributed by atoms with E-state index >= 15 is 0 Å². The van der Waals surface area contributed by atoms with E-state index in [9.17, 15) is 24.1 Å². The van der Waals surface area contributed by atoms with Crippen molar-refractivity contribution >= 4 is 23.3 Å². The van der Waals surface area contributed by atoms with Crippen molar-refractivity contribution in [1.29, 1.82) is 0 Å². The Kier molecular flexibility index (Phi) is 4.93. The molecule has 0 saturated heterocycles. The lowest BCUT2D eigenvalue weighted by atomic mass is 10.2. The average molecular weight is 370 g/mol. The fourth-order valence-electron chi connectivity index (χ4n) is 2.20. The van der Waals surface area contributed by atoms with Crippen molar-refractivity contribution < 1.29 is 28.1 Å². The van der Waals surface area contributed by atoms with E-state index in [1.165, 1.54) is 36.6 Å². The summed E-state index contributed by atoms with van der Waals surface area (Å²) in [5, 5.41) is 13.5. The number of carbonyl (C=O) groups excluding carboxylic acids is 2. The molecular formula is C18H11FN2O6. The van der Waals surface area contributed by atoms with Gasteiger partial charge in [-0.05, 0) is 36.4 Å². The number of nitro groups is 1.